The Bertz CT molecular complexity index is 403. The molecule has 1 aromatic carbocycles. The van der Waals surface area contributed by atoms with Crippen LogP contribution in [-0.2, 0) is 12.8 Å². The highest BCUT2D eigenvalue weighted by Crippen LogP contribution is 2.27. The summed E-state index contributed by atoms with van der Waals surface area (Å²) in [6.45, 7) is 4.04. The van der Waals surface area contributed by atoms with E-state index in [0.29, 0.717) is 0 Å². The Morgan fingerprint density at radius 3 is 2.67 bits per heavy atom. The van der Waals surface area contributed by atoms with Gasteiger partial charge in [0, 0.05) is 6.04 Å². The number of aryl methyl sites for hydroxylation is 2. The standard InChI is InChI=1S/C15H23NO2/c1-10(2)15(16)14(9-17)18-13-7-6-11-4-3-5-12(11)8-13/h6-8,10,14-15,17H,3-5,9,16H2,1-2H3. The van der Waals surface area contributed by atoms with Crippen LogP contribution >= 0.6 is 0 Å². The van der Waals surface area contributed by atoms with Crippen LogP contribution in [0.15, 0.2) is 18.2 Å². The topological polar surface area (TPSA) is 55.5 Å². The third-order valence-electron chi connectivity index (χ3n) is 3.74. The normalized spacial score (nSPS) is 17.6. The van der Waals surface area contributed by atoms with Gasteiger partial charge in [-0.1, -0.05) is 19.9 Å². The summed E-state index contributed by atoms with van der Waals surface area (Å²) >= 11 is 0. The number of nitrogens with two attached hydrogens (primary N) is 1. The van der Waals surface area contributed by atoms with Gasteiger partial charge in [0.25, 0.3) is 0 Å². The molecule has 0 radical (unpaired) electrons. The van der Waals surface area contributed by atoms with Gasteiger partial charge >= 0.3 is 0 Å². The highest BCUT2D eigenvalue weighted by Gasteiger charge is 2.22. The van der Waals surface area contributed by atoms with E-state index in [9.17, 15) is 5.11 Å². The van der Waals surface area contributed by atoms with E-state index in [-0.39, 0.29) is 24.7 Å². The molecule has 0 fully saturated rings. The second kappa shape index (κ2) is 5.72. The van der Waals surface area contributed by atoms with E-state index in [1.807, 2.05) is 19.9 Å². The summed E-state index contributed by atoms with van der Waals surface area (Å²) < 4.78 is 5.84. The predicted octanol–water partition coefficient (Wildman–Crippen LogP) is 1.90. The highest BCUT2D eigenvalue weighted by molar-refractivity contribution is 5.38. The third-order valence-corrected chi connectivity index (χ3v) is 3.74. The summed E-state index contributed by atoms with van der Waals surface area (Å²) in [7, 11) is 0. The van der Waals surface area contributed by atoms with Gasteiger partial charge in [-0.3, -0.25) is 0 Å². The van der Waals surface area contributed by atoms with Crippen LogP contribution in [-0.4, -0.2) is 23.9 Å². The van der Waals surface area contributed by atoms with Gasteiger partial charge in [0.15, 0.2) is 0 Å². The number of ether oxygens (including phenoxy) is 1. The van der Waals surface area contributed by atoms with Crippen molar-refractivity contribution in [2.24, 2.45) is 11.7 Å². The summed E-state index contributed by atoms with van der Waals surface area (Å²) in [5.74, 6) is 1.11. The zero-order valence-electron chi connectivity index (χ0n) is 11.2. The smallest absolute Gasteiger partial charge is 0.137 e. The first-order chi connectivity index (χ1) is 8.61. The van der Waals surface area contributed by atoms with Crippen molar-refractivity contribution in [3.63, 3.8) is 0 Å². The molecular formula is C15H23NO2. The lowest BCUT2D eigenvalue weighted by molar-refractivity contribution is 0.0810. The van der Waals surface area contributed by atoms with Crippen LogP contribution in [0.3, 0.4) is 0 Å². The maximum atomic E-state index is 9.40. The third kappa shape index (κ3) is 2.85. The molecule has 0 amide bonds. The fraction of sp³-hybridized carbons (Fsp3) is 0.600. The number of benzene rings is 1. The molecule has 0 aromatic heterocycles. The van der Waals surface area contributed by atoms with E-state index in [1.165, 1.54) is 24.0 Å². The van der Waals surface area contributed by atoms with E-state index in [0.717, 1.165) is 12.2 Å². The summed E-state index contributed by atoms with van der Waals surface area (Å²) in [5, 5.41) is 9.40. The first kappa shape index (κ1) is 13.4. The van der Waals surface area contributed by atoms with Gasteiger partial charge in [-0.25, -0.2) is 0 Å². The Morgan fingerprint density at radius 2 is 2.00 bits per heavy atom. The fourth-order valence-corrected chi connectivity index (χ4v) is 2.46. The lowest BCUT2D eigenvalue weighted by atomic mass is 10.00. The molecule has 18 heavy (non-hydrogen) atoms. The minimum atomic E-state index is -0.329. The van der Waals surface area contributed by atoms with Crippen molar-refractivity contribution in [3.8, 4) is 5.75 Å². The highest BCUT2D eigenvalue weighted by atomic mass is 16.5. The number of fused-ring (bicyclic) bond motifs is 1. The summed E-state index contributed by atoms with van der Waals surface area (Å²) in [4.78, 5) is 0. The van der Waals surface area contributed by atoms with Crippen molar-refractivity contribution in [2.45, 2.75) is 45.3 Å². The molecule has 2 atom stereocenters. The average molecular weight is 249 g/mol. The monoisotopic (exact) mass is 249 g/mol. The van der Waals surface area contributed by atoms with Crippen molar-refractivity contribution in [2.75, 3.05) is 6.61 Å². The van der Waals surface area contributed by atoms with Gasteiger partial charge in [-0.05, 0) is 48.4 Å². The minimum absolute atomic E-state index is 0.0452. The first-order valence-corrected chi connectivity index (χ1v) is 6.76. The second-order valence-corrected chi connectivity index (χ2v) is 5.44. The number of aliphatic hydroxyl groups excluding tert-OH is 1. The molecular weight excluding hydrogens is 226 g/mol. The second-order valence-electron chi connectivity index (χ2n) is 5.44. The molecule has 100 valence electrons. The number of hydrogen-bond acceptors (Lipinski definition) is 3. The number of hydrogen-bond donors (Lipinski definition) is 2. The van der Waals surface area contributed by atoms with Crippen LogP contribution in [0.2, 0.25) is 0 Å². The molecule has 1 aliphatic rings. The zero-order valence-corrected chi connectivity index (χ0v) is 11.2. The number of aliphatic hydroxyl groups is 1. The quantitative estimate of drug-likeness (QED) is 0.838. The summed E-state index contributed by atoms with van der Waals surface area (Å²) in [5.41, 5.74) is 8.85. The maximum absolute atomic E-state index is 9.40. The average Bonchev–Trinajstić information content (AvgIpc) is 2.82. The Balaban J connectivity index is 2.08. The van der Waals surface area contributed by atoms with Crippen LogP contribution in [0.4, 0.5) is 0 Å². The molecule has 3 heteroatoms. The molecule has 1 aliphatic carbocycles. The van der Waals surface area contributed by atoms with Crippen molar-refractivity contribution in [1.82, 2.24) is 0 Å². The van der Waals surface area contributed by atoms with E-state index in [4.69, 9.17) is 10.5 Å². The van der Waals surface area contributed by atoms with E-state index >= 15 is 0 Å². The van der Waals surface area contributed by atoms with Crippen LogP contribution in [0.25, 0.3) is 0 Å². The Kier molecular flexibility index (Phi) is 4.25. The molecule has 3 N–H and O–H groups in total. The summed E-state index contributed by atoms with van der Waals surface area (Å²) in [6, 6.07) is 6.06. The first-order valence-electron chi connectivity index (χ1n) is 6.76. The Labute approximate surface area is 109 Å². The molecule has 0 bridgehead atoms. The molecule has 3 nitrogen and oxygen atoms in total. The molecule has 2 rings (SSSR count). The fourth-order valence-electron chi connectivity index (χ4n) is 2.46. The zero-order chi connectivity index (χ0) is 13.1. The summed E-state index contributed by atoms with van der Waals surface area (Å²) in [6.07, 6.45) is 3.20. The molecule has 0 aliphatic heterocycles. The van der Waals surface area contributed by atoms with Crippen LogP contribution in [0.1, 0.15) is 31.4 Å². The Hall–Kier alpha value is -1.06. The lowest BCUT2D eigenvalue weighted by Crippen LogP contribution is -2.45. The van der Waals surface area contributed by atoms with Gasteiger partial charge in [-0.2, -0.15) is 0 Å². The molecule has 1 aromatic rings. The van der Waals surface area contributed by atoms with Crippen molar-refractivity contribution < 1.29 is 9.84 Å². The molecule has 0 spiro atoms. The lowest BCUT2D eigenvalue weighted by Gasteiger charge is -2.26. The molecule has 0 saturated carbocycles. The van der Waals surface area contributed by atoms with Gasteiger partial charge in [-0.15, -0.1) is 0 Å². The number of rotatable bonds is 5. The van der Waals surface area contributed by atoms with Gasteiger partial charge in [0.1, 0.15) is 11.9 Å². The Morgan fingerprint density at radius 1 is 1.28 bits per heavy atom. The van der Waals surface area contributed by atoms with Crippen molar-refractivity contribution >= 4 is 0 Å². The molecule has 0 heterocycles. The van der Waals surface area contributed by atoms with E-state index in [1.54, 1.807) is 0 Å². The van der Waals surface area contributed by atoms with Crippen molar-refractivity contribution in [3.05, 3.63) is 29.3 Å². The van der Waals surface area contributed by atoms with Crippen LogP contribution in [0.5, 0.6) is 5.75 Å². The SMILES string of the molecule is CC(C)C(N)C(CO)Oc1ccc2c(c1)CCC2. The predicted molar refractivity (Wildman–Crippen MR) is 72.8 cm³/mol. The maximum Gasteiger partial charge on any atom is 0.137 e. The van der Waals surface area contributed by atoms with E-state index in [2.05, 4.69) is 12.1 Å². The molecule has 2 unspecified atom stereocenters. The van der Waals surface area contributed by atoms with Gasteiger partial charge in [0.05, 0.1) is 6.61 Å². The van der Waals surface area contributed by atoms with Gasteiger partial charge < -0.3 is 15.6 Å². The van der Waals surface area contributed by atoms with Crippen LogP contribution < -0.4 is 10.5 Å². The van der Waals surface area contributed by atoms with Gasteiger partial charge in [0.2, 0.25) is 0 Å². The minimum Gasteiger partial charge on any atom is -0.486 e. The van der Waals surface area contributed by atoms with Crippen molar-refractivity contribution in [1.29, 1.82) is 0 Å². The largest absolute Gasteiger partial charge is 0.486 e. The van der Waals surface area contributed by atoms with Crippen LogP contribution in [0, 0.1) is 5.92 Å². The van der Waals surface area contributed by atoms with E-state index < -0.39 is 0 Å². The molecule has 0 saturated heterocycles.